The van der Waals surface area contributed by atoms with Crippen LogP contribution in [-0.4, -0.2) is 22.0 Å². The van der Waals surface area contributed by atoms with Crippen LogP contribution in [0, 0.1) is 17.7 Å². The first-order valence-electron chi connectivity index (χ1n) is 11.4. The molecular weight excluding hydrogens is 509 g/mol. The van der Waals surface area contributed by atoms with Gasteiger partial charge < -0.3 is 15.4 Å². The van der Waals surface area contributed by atoms with E-state index in [0.29, 0.717) is 28.8 Å². The highest BCUT2D eigenvalue weighted by Gasteiger charge is 2.10. The summed E-state index contributed by atoms with van der Waals surface area (Å²) in [5, 5.41) is 6.83. The van der Waals surface area contributed by atoms with Gasteiger partial charge in [-0.25, -0.2) is 19.3 Å². The molecule has 0 aliphatic heterocycles. The number of anilines is 2. The third kappa shape index (κ3) is 6.22. The van der Waals surface area contributed by atoms with Crippen molar-refractivity contribution in [2.75, 3.05) is 12.4 Å². The largest absolute Gasteiger partial charge is 0.487 e. The smallest absolute Gasteiger partial charge is 0.151 e. The molecular formula is C28H21ClFN5OS. The van der Waals surface area contributed by atoms with Crippen LogP contribution in [0.15, 0.2) is 73.1 Å². The number of ether oxygens (including phenoxy) is 1. The zero-order chi connectivity index (χ0) is 25.6. The Kier molecular flexibility index (Phi) is 7.57. The highest BCUT2D eigenvalue weighted by atomic mass is 35.5. The van der Waals surface area contributed by atoms with Crippen LogP contribution in [0.5, 0.6) is 5.75 Å². The zero-order valence-electron chi connectivity index (χ0n) is 19.8. The maximum absolute atomic E-state index is 13.4. The molecule has 0 spiro atoms. The SMILES string of the molecule is CNCc1cccc(C#Cc2cc3ncnc(Nc4ccc(OCc5cccc(F)c5)c(Cl)c4)c3s2)n1. The monoisotopic (exact) mass is 529 g/mol. The number of pyridine rings is 1. The van der Waals surface area contributed by atoms with Crippen LogP contribution < -0.4 is 15.4 Å². The second-order valence-electron chi connectivity index (χ2n) is 8.03. The van der Waals surface area contributed by atoms with Gasteiger partial charge in [0.25, 0.3) is 0 Å². The first kappa shape index (κ1) is 24.7. The maximum atomic E-state index is 13.4. The number of benzene rings is 2. The summed E-state index contributed by atoms with van der Waals surface area (Å²) in [7, 11) is 1.88. The summed E-state index contributed by atoms with van der Waals surface area (Å²) >= 11 is 7.95. The fourth-order valence-electron chi connectivity index (χ4n) is 3.58. The second kappa shape index (κ2) is 11.4. The molecule has 0 fully saturated rings. The predicted molar refractivity (Wildman–Crippen MR) is 146 cm³/mol. The van der Waals surface area contributed by atoms with Crippen molar-refractivity contribution < 1.29 is 9.13 Å². The Morgan fingerprint density at radius 1 is 1.03 bits per heavy atom. The molecule has 37 heavy (non-hydrogen) atoms. The fourth-order valence-corrected chi connectivity index (χ4v) is 4.72. The van der Waals surface area contributed by atoms with Gasteiger partial charge in [0.05, 0.1) is 25.8 Å². The molecule has 2 aromatic carbocycles. The average Bonchev–Trinajstić information content (AvgIpc) is 3.32. The van der Waals surface area contributed by atoms with Gasteiger partial charge in [-0.05, 0) is 73.0 Å². The van der Waals surface area contributed by atoms with E-state index in [4.69, 9.17) is 16.3 Å². The van der Waals surface area contributed by atoms with Gasteiger partial charge >= 0.3 is 0 Å². The minimum absolute atomic E-state index is 0.213. The van der Waals surface area contributed by atoms with E-state index < -0.39 is 0 Å². The summed E-state index contributed by atoms with van der Waals surface area (Å²) in [6.07, 6.45) is 1.51. The quantitative estimate of drug-likeness (QED) is 0.240. The van der Waals surface area contributed by atoms with E-state index >= 15 is 0 Å². The molecule has 0 bridgehead atoms. The molecule has 6 nitrogen and oxygen atoms in total. The van der Waals surface area contributed by atoms with Crippen LogP contribution in [0.4, 0.5) is 15.9 Å². The number of aromatic nitrogens is 3. The van der Waals surface area contributed by atoms with Crippen molar-refractivity contribution in [2.24, 2.45) is 0 Å². The Labute approximate surface area is 222 Å². The van der Waals surface area contributed by atoms with E-state index in [1.54, 1.807) is 24.3 Å². The summed E-state index contributed by atoms with van der Waals surface area (Å²) in [4.78, 5) is 14.2. The molecule has 0 amide bonds. The Morgan fingerprint density at radius 3 is 2.76 bits per heavy atom. The van der Waals surface area contributed by atoms with E-state index in [1.165, 1.54) is 29.8 Å². The van der Waals surface area contributed by atoms with Crippen LogP contribution in [0.2, 0.25) is 5.02 Å². The molecule has 0 saturated carbocycles. The maximum Gasteiger partial charge on any atom is 0.151 e. The molecule has 0 saturated heterocycles. The lowest BCUT2D eigenvalue weighted by atomic mass is 10.2. The molecule has 3 aromatic heterocycles. The summed E-state index contributed by atoms with van der Waals surface area (Å²) in [5.74, 6) is 7.17. The Balaban J connectivity index is 1.32. The highest BCUT2D eigenvalue weighted by molar-refractivity contribution is 7.20. The third-order valence-corrected chi connectivity index (χ3v) is 6.61. The van der Waals surface area contributed by atoms with Crippen molar-refractivity contribution in [2.45, 2.75) is 13.2 Å². The third-order valence-electron chi connectivity index (χ3n) is 5.27. The van der Waals surface area contributed by atoms with Crippen LogP contribution >= 0.6 is 22.9 Å². The lowest BCUT2D eigenvalue weighted by Gasteiger charge is -2.11. The summed E-state index contributed by atoms with van der Waals surface area (Å²) in [6, 6.07) is 19.4. The second-order valence-corrected chi connectivity index (χ2v) is 9.49. The first-order valence-corrected chi connectivity index (χ1v) is 12.6. The minimum atomic E-state index is -0.305. The van der Waals surface area contributed by atoms with E-state index in [-0.39, 0.29) is 12.4 Å². The Hall–Kier alpha value is -4.03. The molecule has 2 N–H and O–H groups in total. The fraction of sp³-hybridized carbons (Fsp3) is 0.107. The van der Waals surface area contributed by atoms with Crippen LogP contribution in [0.3, 0.4) is 0 Å². The number of nitrogens with zero attached hydrogens (tertiary/aromatic N) is 3. The molecule has 5 aromatic rings. The molecule has 0 unspecified atom stereocenters. The van der Waals surface area contributed by atoms with Crippen molar-refractivity contribution in [1.29, 1.82) is 0 Å². The van der Waals surface area contributed by atoms with Crippen molar-refractivity contribution >= 4 is 44.7 Å². The van der Waals surface area contributed by atoms with Crippen molar-refractivity contribution in [1.82, 2.24) is 20.3 Å². The van der Waals surface area contributed by atoms with Gasteiger partial charge in [-0.1, -0.05) is 29.8 Å². The van der Waals surface area contributed by atoms with Crippen molar-refractivity contribution in [3.05, 3.63) is 106 Å². The summed E-state index contributed by atoms with van der Waals surface area (Å²) in [5.41, 5.74) is 3.91. The number of hydrogen-bond acceptors (Lipinski definition) is 7. The molecule has 9 heteroatoms. The first-order chi connectivity index (χ1) is 18.1. The zero-order valence-corrected chi connectivity index (χ0v) is 21.3. The lowest BCUT2D eigenvalue weighted by molar-refractivity contribution is 0.306. The van der Waals surface area contributed by atoms with Crippen LogP contribution in [0.25, 0.3) is 10.2 Å². The van der Waals surface area contributed by atoms with E-state index in [2.05, 4.69) is 37.4 Å². The molecule has 184 valence electrons. The number of hydrogen-bond donors (Lipinski definition) is 2. The van der Waals surface area contributed by atoms with Gasteiger partial charge in [-0.15, -0.1) is 11.3 Å². The number of nitrogens with one attached hydrogen (secondary N) is 2. The van der Waals surface area contributed by atoms with Gasteiger partial charge in [0.2, 0.25) is 0 Å². The number of rotatable bonds is 7. The number of fused-ring (bicyclic) bond motifs is 1. The van der Waals surface area contributed by atoms with Gasteiger partial charge in [0.15, 0.2) is 5.82 Å². The normalized spacial score (nSPS) is 10.7. The van der Waals surface area contributed by atoms with Gasteiger partial charge in [-0.2, -0.15) is 0 Å². The summed E-state index contributed by atoms with van der Waals surface area (Å²) < 4.78 is 20.0. The molecule has 3 heterocycles. The molecule has 0 atom stereocenters. The Morgan fingerprint density at radius 2 is 1.92 bits per heavy atom. The van der Waals surface area contributed by atoms with E-state index in [0.717, 1.165) is 32.0 Å². The minimum Gasteiger partial charge on any atom is -0.487 e. The van der Waals surface area contributed by atoms with Crippen LogP contribution in [0.1, 0.15) is 21.8 Å². The standard InChI is InChI=1S/C28H21ClFN5OS/c1-31-15-22-7-3-6-20(34-22)8-10-23-14-25-27(37-23)28(33-17-32-25)35-21-9-11-26(24(29)13-21)36-16-18-4-2-5-19(30)12-18/h2-7,9,11-14,17,31H,15-16H2,1H3,(H,32,33,35). The number of thiophene rings is 1. The molecule has 5 rings (SSSR count). The topological polar surface area (TPSA) is 72.0 Å². The Bertz CT molecular complexity index is 1630. The molecule has 0 radical (unpaired) electrons. The highest BCUT2D eigenvalue weighted by Crippen LogP contribution is 2.33. The van der Waals surface area contributed by atoms with E-state index in [9.17, 15) is 4.39 Å². The van der Waals surface area contributed by atoms with Gasteiger partial charge in [-0.3, -0.25) is 0 Å². The molecule has 0 aliphatic rings. The van der Waals surface area contributed by atoms with Crippen molar-refractivity contribution in [3.63, 3.8) is 0 Å². The number of halogens is 2. The van der Waals surface area contributed by atoms with Crippen LogP contribution in [-0.2, 0) is 13.2 Å². The van der Waals surface area contributed by atoms with Crippen molar-refractivity contribution in [3.8, 4) is 17.6 Å². The van der Waals surface area contributed by atoms with Gasteiger partial charge in [0, 0.05) is 12.2 Å². The van der Waals surface area contributed by atoms with E-state index in [1.807, 2.05) is 37.4 Å². The molecule has 0 aliphatic carbocycles. The summed E-state index contributed by atoms with van der Waals surface area (Å²) in [6.45, 7) is 0.901. The van der Waals surface area contributed by atoms with Gasteiger partial charge in [0.1, 0.15) is 30.2 Å². The predicted octanol–water partition coefficient (Wildman–Crippen LogP) is 6.32. The lowest BCUT2D eigenvalue weighted by Crippen LogP contribution is -2.07. The average molecular weight is 530 g/mol.